The monoisotopic (exact) mass is 459 g/mol. The minimum absolute atomic E-state index is 0.0337. The minimum Gasteiger partial charge on any atom is -0.354 e. The van der Waals surface area contributed by atoms with Crippen LogP contribution in [-0.4, -0.2) is 60.7 Å². The lowest BCUT2D eigenvalue weighted by atomic mass is 9.93. The number of carbonyl (C=O) groups excluding carboxylic acids is 1. The molecule has 2 unspecified atom stereocenters. The van der Waals surface area contributed by atoms with E-state index in [0.29, 0.717) is 24.7 Å². The topological polar surface area (TPSA) is 147 Å². The number of fused-ring (bicyclic) bond motifs is 1. The van der Waals surface area contributed by atoms with Gasteiger partial charge in [-0.3, -0.25) is 5.32 Å². The summed E-state index contributed by atoms with van der Waals surface area (Å²) in [7, 11) is -1.81. The van der Waals surface area contributed by atoms with E-state index in [2.05, 4.69) is 32.1 Å². The molecule has 0 radical (unpaired) electrons. The van der Waals surface area contributed by atoms with E-state index < -0.39 is 16.1 Å². The molecule has 12 heteroatoms. The van der Waals surface area contributed by atoms with Gasteiger partial charge in [-0.1, -0.05) is 6.92 Å². The van der Waals surface area contributed by atoms with Crippen molar-refractivity contribution in [2.75, 3.05) is 30.4 Å². The summed E-state index contributed by atoms with van der Waals surface area (Å²) in [6.07, 6.45) is 3.55. The maximum atomic E-state index is 12.4. The van der Waals surface area contributed by atoms with Gasteiger partial charge in [0.05, 0.1) is 16.8 Å². The fourth-order valence-electron chi connectivity index (χ4n) is 3.89. The quantitative estimate of drug-likeness (QED) is 0.524. The smallest absolute Gasteiger partial charge is 0.354 e. The van der Waals surface area contributed by atoms with Gasteiger partial charge in [0.25, 0.3) is 0 Å². The average Bonchev–Trinajstić information content (AvgIpc) is 3.23. The average molecular weight is 460 g/mol. The van der Waals surface area contributed by atoms with Crippen LogP contribution in [0.25, 0.3) is 11.0 Å². The largest absolute Gasteiger partial charge is 0.430 e. The van der Waals surface area contributed by atoms with Crippen LogP contribution in [0.4, 0.5) is 16.3 Å². The molecule has 170 valence electrons. The maximum Gasteiger partial charge on any atom is 0.430 e. The highest BCUT2D eigenvalue weighted by Gasteiger charge is 2.32. The molecule has 1 amide bonds. The fourth-order valence-corrected chi connectivity index (χ4v) is 4.41. The van der Waals surface area contributed by atoms with Gasteiger partial charge in [0.1, 0.15) is 17.8 Å². The molecule has 2 aromatic heterocycles. The Morgan fingerprint density at radius 2 is 2.03 bits per heavy atom. The molecule has 32 heavy (non-hydrogen) atoms. The van der Waals surface area contributed by atoms with Gasteiger partial charge >= 0.3 is 6.09 Å². The number of nitrogens with zero attached hydrogens (tertiary/aromatic N) is 4. The summed E-state index contributed by atoms with van der Waals surface area (Å²) in [4.78, 5) is 31.7. The normalized spacial score (nSPS) is 19.6. The first-order valence-electron chi connectivity index (χ1n) is 10.1. The molecule has 1 aromatic carbocycles. The number of hydrogen-bond donors (Lipinski definition) is 3. The van der Waals surface area contributed by atoms with Crippen molar-refractivity contribution in [3.05, 3.63) is 42.9 Å². The van der Waals surface area contributed by atoms with Gasteiger partial charge < -0.3 is 14.7 Å². The van der Waals surface area contributed by atoms with Gasteiger partial charge in [-0.05, 0) is 42.7 Å². The number of rotatable bonds is 5. The third-order valence-electron chi connectivity index (χ3n) is 5.69. The zero-order chi connectivity index (χ0) is 22.9. The molecule has 1 aliphatic rings. The summed E-state index contributed by atoms with van der Waals surface area (Å²) in [6.45, 7) is 3.28. The molecule has 3 aromatic rings. The summed E-state index contributed by atoms with van der Waals surface area (Å²) in [6, 6.07) is 7.56. The molecule has 0 saturated carbocycles. The highest BCUT2D eigenvalue weighted by atomic mass is 32.2. The number of primary sulfonamides is 1. The molecule has 4 rings (SSSR count). The van der Waals surface area contributed by atoms with Crippen LogP contribution in [0.2, 0.25) is 0 Å². The molecule has 2 atom stereocenters. The number of hydroxylamine groups is 2. The van der Waals surface area contributed by atoms with E-state index in [0.717, 1.165) is 23.3 Å². The van der Waals surface area contributed by atoms with Crippen LogP contribution in [0.3, 0.4) is 0 Å². The minimum atomic E-state index is -3.79. The number of amides is 1. The number of hydrogen-bond acceptors (Lipinski definition) is 8. The van der Waals surface area contributed by atoms with E-state index >= 15 is 0 Å². The van der Waals surface area contributed by atoms with E-state index in [9.17, 15) is 13.2 Å². The molecule has 0 aliphatic carbocycles. The second kappa shape index (κ2) is 8.73. The molecule has 1 fully saturated rings. The Balaban J connectivity index is 1.41. The number of piperidine rings is 1. The van der Waals surface area contributed by atoms with Gasteiger partial charge in [-0.15, -0.1) is 5.06 Å². The van der Waals surface area contributed by atoms with Crippen molar-refractivity contribution < 1.29 is 18.0 Å². The number of aromatic amines is 1. The van der Waals surface area contributed by atoms with Gasteiger partial charge in [0.15, 0.2) is 0 Å². The molecule has 0 spiro atoms. The first-order valence-corrected chi connectivity index (χ1v) is 11.6. The third-order valence-corrected chi connectivity index (χ3v) is 6.62. The van der Waals surface area contributed by atoms with Gasteiger partial charge in [0, 0.05) is 31.5 Å². The summed E-state index contributed by atoms with van der Waals surface area (Å²) in [5, 5.41) is 10.2. The molecule has 3 heterocycles. The van der Waals surface area contributed by atoms with Crippen molar-refractivity contribution in [2.24, 2.45) is 11.1 Å². The van der Waals surface area contributed by atoms with Crippen molar-refractivity contribution in [3.8, 4) is 0 Å². The van der Waals surface area contributed by atoms with Gasteiger partial charge in [0.2, 0.25) is 10.0 Å². The molecule has 4 N–H and O–H groups in total. The van der Waals surface area contributed by atoms with Crippen LogP contribution < -0.4 is 15.4 Å². The number of nitrogens with one attached hydrogen (secondary N) is 2. The van der Waals surface area contributed by atoms with Crippen LogP contribution >= 0.6 is 0 Å². The Kier molecular flexibility index (Phi) is 6.00. The Hall–Kier alpha value is -3.22. The molecular weight excluding hydrogens is 434 g/mol. The predicted molar refractivity (Wildman–Crippen MR) is 119 cm³/mol. The lowest BCUT2D eigenvalue weighted by molar-refractivity contribution is -0.117. The van der Waals surface area contributed by atoms with Crippen molar-refractivity contribution in [1.29, 1.82) is 0 Å². The molecular formula is C20H25N7O4S. The van der Waals surface area contributed by atoms with E-state index in [-0.39, 0.29) is 10.9 Å². The van der Waals surface area contributed by atoms with Crippen molar-refractivity contribution in [3.63, 3.8) is 0 Å². The summed E-state index contributed by atoms with van der Waals surface area (Å²) < 4.78 is 22.7. The maximum absolute atomic E-state index is 12.4. The van der Waals surface area contributed by atoms with E-state index in [1.54, 1.807) is 5.06 Å². The highest BCUT2D eigenvalue weighted by molar-refractivity contribution is 7.89. The van der Waals surface area contributed by atoms with Crippen LogP contribution in [0, 0.1) is 5.92 Å². The molecule has 0 bridgehead atoms. The zero-order valence-electron chi connectivity index (χ0n) is 17.7. The van der Waals surface area contributed by atoms with Crippen LogP contribution in [0.15, 0.2) is 47.8 Å². The predicted octanol–water partition coefficient (Wildman–Crippen LogP) is 1.92. The summed E-state index contributed by atoms with van der Waals surface area (Å²) in [5.41, 5.74) is 1.17. The number of anilines is 2. The van der Waals surface area contributed by atoms with Crippen molar-refractivity contribution >= 4 is 38.7 Å². The van der Waals surface area contributed by atoms with Crippen molar-refractivity contribution in [2.45, 2.75) is 24.3 Å². The zero-order valence-corrected chi connectivity index (χ0v) is 18.5. The lowest BCUT2D eigenvalue weighted by Crippen LogP contribution is -2.51. The van der Waals surface area contributed by atoms with E-state index in [1.807, 2.05) is 19.3 Å². The first kappa shape index (κ1) is 22.0. The molecule has 1 saturated heterocycles. The number of nitrogens with two attached hydrogens (primary N) is 1. The molecule has 11 nitrogen and oxygen atoms in total. The number of benzene rings is 1. The standard InChI is InChI=1S/C20H25N7O4S/c1-13-8-10-27(31-20(28)25-14-3-5-15(6-4-14)32(21,29)30)11-17(13)26(2)19-16-7-9-22-18(16)23-12-24-19/h3-7,9,12-13,17H,8,10-11H2,1-2H3,(H,25,28)(H2,21,29,30)(H,22,23,24). The summed E-state index contributed by atoms with van der Waals surface area (Å²) in [5.74, 6) is 1.17. The van der Waals surface area contributed by atoms with Crippen LogP contribution in [0.5, 0.6) is 0 Å². The first-order chi connectivity index (χ1) is 15.2. The number of carbonyl (C=O) groups is 1. The number of likely N-dealkylation sites (N-methyl/N-ethyl adjacent to an activating group) is 1. The Bertz CT molecular complexity index is 1210. The van der Waals surface area contributed by atoms with Crippen molar-refractivity contribution in [1.82, 2.24) is 20.0 Å². The fraction of sp³-hybridized carbons (Fsp3) is 0.350. The van der Waals surface area contributed by atoms with E-state index in [4.69, 9.17) is 9.98 Å². The number of aromatic nitrogens is 3. The highest BCUT2D eigenvalue weighted by Crippen LogP contribution is 2.28. The van der Waals surface area contributed by atoms with E-state index in [1.165, 1.54) is 30.6 Å². The van der Waals surface area contributed by atoms with Gasteiger partial charge in [-0.25, -0.2) is 28.3 Å². The SMILES string of the molecule is CC1CCN(OC(=O)Nc2ccc(S(N)(=O)=O)cc2)CC1N(C)c1ncnc2[nH]ccc12. The van der Waals surface area contributed by atoms with Crippen LogP contribution in [0.1, 0.15) is 13.3 Å². The summed E-state index contributed by atoms with van der Waals surface area (Å²) >= 11 is 0. The Morgan fingerprint density at radius 1 is 1.28 bits per heavy atom. The second-order valence-electron chi connectivity index (χ2n) is 7.84. The van der Waals surface area contributed by atoms with Gasteiger partial charge in [-0.2, -0.15) is 0 Å². The van der Waals surface area contributed by atoms with Crippen LogP contribution in [-0.2, 0) is 14.9 Å². The Labute approximate surface area is 185 Å². The third kappa shape index (κ3) is 4.66. The Morgan fingerprint density at radius 3 is 2.75 bits per heavy atom. The molecule has 1 aliphatic heterocycles. The lowest BCUT2D eigenvalue weighted by Gasteiger charge is -2.40. The number of sulfonamides is 1. The number of H-pyrrole nitrogens is 1. The second-order valence-corrected chi connectivity index (χ2v) is 9.40.